The van der Waals surface area contributed by atoms with Gasteiger partial charge >= 0.3 is 0 Å². The summed E-state index contributed by atoms with van der Waals surface area (Å²) >= 11 is 0. The molecule has 0 atom stereocenters. The maximum absolute atomic E-state index is 12.6. The lowest BCUT2D eigenvalue weighted by atomic mass is 10.2. The average Bonchev–Trinajstić information content (AvgIpc) is 2.62. The molecule has 10 heteroatoms. The van der Waals surface area contributed by atoms with Gasteiger partial charge in [0.15, 0.2) is 5.69 Å². The largest absolute Gasteiger partial charge is 0.335 e. The van der Waals surface area contributed by atoms with Gasteiger partial charge in [-0.1, -0.05) is 12.1 Å². The van der Waals surface area contributed by atoms with E-state index in [2.05, 4.69) is 10.4 Å². The first-order valence-electron chi connectivity index (χ1n) is 7.84. The molecule has 1 aliphatic heterocycles. The Kier molecular flexibility index (Phi) is 6.06. The first kappa shape index (κ1) is 19.5. The molecule has 1 amide bonds. The molecule has 0 bridgehead atoms. The molecule has 0 saturated carbocycles. The Balaban J connectivity index is 0.00000243. The number of amides is 1. The van der Waals surface area contributed by atoms with Crippen LogP contribution < -0.4 is 10.7 Å². The van der Waals surface area contributed by atoms with Crippen molar-refractivity contribution in [1.29, 1.82) is 0 Å². The summed E-state index contributed by atoms with van der Waals surface area (Å²) in [5, 5.41) is 18.5. The molecule has 0 aliphatic carbocycles. The lowest BCUT2D eigenvalue weighted by molar-refractivity contribution is -0.384. The van der Waals surface area contributed by atoms with Crippen LogP contribution in [0.2, 0.25) is 0 Å². The SMILES string of the molecule is Cc1cc(=O)c(C(=O)N2CCNCC2)nn1-c1ccccc1[N+](=O)[O-].Cl. The van der Waals surface area contributed by atoms with Crippen LogP contribution in [-0.2, 0) is 0 Å². The summed E-state index contributed by atoms with van der Waals surface area (Å²) in [6.07, 6.45) is 0. The topological polar surface area (TPSA) is 110 Å². The molecular formula is C16H18ClN5O4. The summed E-state index contributed by atoms with van der Waals surface area (Å²) in [7, 11) is 0. The van der Waals surface area contributed by atoms with E-state index in [1.807, 2.05) is 0 Å². The van der Waals surface area contributed by atoms with Crippen molar-refractivity contribution >= 4 is 24.0 Å². The van der Waals surface area contributed by atoms with Crippen molar-refractivity contribution in [2.24, 2.45) is 0 Å². The van der Waals surface area contributed by atoms with Crippen LogP contribution in [0, 0.1) is 17.0 Å². The minimum Gasteiger partial charge on any atom is -0.335 e. The summed E-state index contributed by atoms with van der Waals surface area (Å²) < 4.78 is 1.27. The molecule has 0 unspecified atom stereocenters. The number of aromatic nitrogens is 2. The van der Waals surface area contributed by atoms with Gasteiger partial charge in [0.25, 0.3) is 11.6 Å². The number of nitro groups is 1. The number of nitrogens with one attached hydrogen (secondary N) is 1. The molecule has 0 radical (unpaired) electrons. The molecule has 138 valence electrons. The van der Waals surface area contributed by atoms with Crippen LogP contribution in [0.15, 0.2) is 35.1 Å². The standard InChI is InChI=1S/C16H17N5O4.ClH/c1-11-10-14(22)15(16(23)19-8-6-17-7-9-19)18-20(11)12-4-2-3-5-13(12)21(24)25;/h2-5,10,17H,6-9H2,1H3;1H. The summed E-state index contributed by atoms with van der Waals surface area (Å²) in [4.78, 5) is 37.2. The fourth-order valence-electron chi connectivity index (χ4n) is 2.75. The highest BCUT2D eigenvalue weighted by molar-refractivity contribution is 5.92. The Labute approximate surface area is 155 Å². The molecule has 1 aromatic heterocycles. The number of piperazine rings is 1. The molecule has 9 nitrogen and oxygen atoms in total. The predicted molar refractivity (Wildman–Crippen MR) is 97.2 cm³/mol. The van der Waals surface area contributed by atoms with Crippen LogP contribution >= 0.6 is 12.4 Å². The number of halogens is 1. The maximum atomic E-state index is 12.6. The lowest BCUT2D eigenvalue weighted by Crippen LogP contribution is -2.48. The Morgan fingerprint density at radius 2 is 1.92 bits per heavy atom. The monoisotopic (exact) mass is 379 g/mol. The Bertz CT molecular complexity index is 892. The summed E-state index contributed by atoms with van der Waals surface area (Å²) in [5.74, 6) is -0.459. The second-order valence-corrected chi connectivity index (χ2v) is 5.70. The molecule has 0 spiro atoms. The van der Waals surface area contributed by atoms with Gasteiger partial charge in [-0.2, -0.15) is 5.10 Å². The molecule has 1 aromatic carbocycles. The Morgan fingerprint density at radius 3 is 2.58 bits per heavy atom. The maximum Gasteiger partial charge on any atom is 0.294 e. The Morgan fingerprint density at radius 1 is 1.27 bits per heavy atom. The number of aryl methyl sites for hydroxylation is 1. The van der Waals surface area contributed by atoms with Gasteiger partial charge in [-0.3, -0.25) is 19.7 Å². The lowest BCUT2D eigenvalue weighted by Gasteiger charge is -2.27. The van der Waals surface area contributed by atoms with Gasteiger partial charge in [-0.25, -0.2) is 4.68 Å². The normalized spacial score (nSPS) is 13.8. The highest BCUT2D eigenvalue weighted by Crippen LogP contribution is 2.22. The van der Waals surface area contributed by atoms with Crippen molar-refractivity contribution in [3.8, 4) is 5.69 Å². The summed E-state index contributed by atoms with van der Waals surface area (Å²) in [5.41, 5.74) is -0.251. The van der Waals surface area contributed by atoms with E-state index in [1.54, 1.807) is 24.0 Å². The number of carbonyl (C=O) groups is 1. The van der Waals surface area contributed by atoms with E-state index in [9.17, 15) is 19.7 Å². The van der Waals surface area contributed by atoms with E-state index in [0.717, 1.165) is 0 Å². The van der Waals surface area contributed by atoms with Gasteiger partial charge < -0.3 is 10.2 Å². The van der Waals surface area contributed by atoms with E-state index < -0.39 is 16.3 Å². The number of carbonyl (C=O) groups excluding carboxylic acids is 1. The van der Waals surface area contributed by atoms with Crippen LogP contribution in [-0.4, -0.2) is 51.7 Å². The molecule has 26 heavy (non-hydrogen) atoms. The number of nitrogens with zero attached hydrogens (tertiary/aromatic N) is 4. The zero-order valence-corrected chi connectivity index (χ0v) is 14.9. The number of benzene rings is 1. The van der Waals surface area contributed by atoms with Crippen molar-refractivity contribution in [2.75, 3.05) is 26.2 Å². The quantitative estimate of drug-likeness (QED) is 0.627. The number of para-hydroxylation sites is 2. The van der Waals surface area contributed by atoms with Gasteiger partial charge in [-0.05, 0) is 13.0 Å². The molecular weight excluding hydrogens is 362 g/mol. The fraction of sp³-hybridized carbons (Fsp3) is 0.312. The smallest absolute Gasteiger partial charge is 0.294 e. The highest BCUT2D eigenvalue weighted by Gasteiger charge is 2.24. The third-order valence-electron chi connectivity index (χ3n) is 4.02. The molecule has 1 N–H and O–H groups in total. The second kappa shape index (κ2) is 8.07. The molecule has 2 heterocycles. The van der Waals surface area contributed by atoms with Crippen LogP contribution in [0.3, 0.4) is 0 Å². The third kappa shape index (κ3) is 3.73. The van der Waals surface area contributed by atoms with Gasteiger partial charge in [0, 0.05) is 44.0 Å². The van der Waals surface area contributed by atoms with E-state index in [-0.39, 0.29) is 29.5 Å². The molecule has 3 rings (SSSR count). The first-order chi connectivity index (χ1) is 12.0. The molecule has 1 saturated heterocycles. The molecule has 2 aromatic rings. The highest BCUT2D eigenvalue weighted by atomic mass is 35.5. The van der Waals surface area contributed by atoms with Gasteiger partial charge in [0.1, 0.15) is 5.69 Å². The molecule has 1 aliphatic rings. The second-order valence-electron chi connectivity index (χ2n) is 5.70. The van der Waals surface area contributed by atoms with Gasteiger partial charge in [0.05, 0.1) is 4.92 Å². The van der Waals surface area contributed by atoms with Gasteiger partial charge in [-0.15, -0.1) is 12.4 Å². The Hall–Kier alpha value is -2.78. The van der Waals surface area contributed by atoms with E-state index in [1.165, 1.54) is 22.9 Å². The van der Waals surface area contributed by atoms with Crippen molar-refractivity contribution in [3.05, 3.63) is 62.1 Å². The van der Waals surface area contributed by atoms with E-state index in [4.69, 9.17) is 0 Å². The van der Waals surface area contributed by atoms with Crippen LogP contribution in [0.4, 0.5) is 5.69 Å². The van der Waals surface area contributed by atoms with Gasteiger partial charge in [0.2, 0.25) is 5.43 Å². The minimum atomic E-state index is -0.521. The number of nitro benzene ring substituents is 1. The van der Waals surface area contributed by atoms with Crippen LogP contribution in [0.1, 0.15) is 16.2 Å². The number of hydrogen-bond acceptors (Lipinski definition) is 6. The first-order valence-corrected chi connectivity index (χ1v) is 7.84. The van der Waals surface area contributed by atoms with Crippen LogP contribution in [0.5, 0.6) is 0 Å². The number of rotatable bonds is 3. The summed E-state index contributed by atoms with van der Waals surface area (Å²) in [6, 6.07) is 7.35. The minimum absolute atomic E-state index is 0. The van der Waals surface area contributed by atoms with Crippen molar-refractivity contribution in [2.45, 2.75) is 6.92 Å². The van der Waals surface area contributed by atoms with Crippen molar-refractivity contribution in [1.82, 2.24) is 20.0 Å². The zero-order chi connectivity index (χ0) is 18.0. The zero-order valence-electron chi connectivity index (χ0n) is 14.0. The van der Waals surface area contributed by atoms with Crippen molar-refractivity contribution < 1.29 is 9.72 Å². The van der Waals surface area contributed by atoms with Crippen LogP contribution in [0.25, 0.3) is 5.69 Å². The van der Waals surface area contributed by atoms with Crippen molar-refractivity contribution in [3.63, 3.8) is 0 Å². The third-order valence-corrected chi connectivity index (χ3v) is 4.02. The van der Waals surface area contributed by atoms with E-state index >= 15 is 0 Å². The van der Waals surface area contributed by atoms with E-state index in [0.29, 0.717) is 31.9 Å². The predicted octanol–water partition coefficient (Wildman–Crippen LogP) is 0.916. The number of hydrogen-bond donors (Lipinski definition) is 1. The average molecular weight is 380 g/mol. The fourth-order valence-corrected chi connectivity index (χ4v) is 2.75. The molecule has 1 fully saturated rings. The summed E-state index contributed by atoms with van der Waals surface area (Å²) in [6.45, 7) is 3.88.